The summed E-state index contributed by atoms with van der Waals surface area (Å²) in [5.74, 6) is 1.28. The summed E-state index contributed by atoms with van der Waals surface area (Å²) in [5.41, 5.74) is 5.73. The minimum atomic E-state index is 0.350. The van der Waals surface area contributed by atoms with Crippen LogP contribution in [-0.4, -0.2) is 18.4 Å². The summed E-state index contributed by atoms with van der Waals surface area (Å²) in [7, 11) is 1.61. The molecule has 0 radical (unpaired) electrons. The topological polar surface area (TPSA) is 54.9 Å². The van der Waals surface area contributed by atoms with Crippen LogP contribution < -0.4 is 20.2 Å². The molecule has 5 nitrogen and oxygen atoms in total. The van der Waals surface area contributed by atoms with Gasteiger partial charge in [-0.1, -0.05) is 60.1 Å². The lowest BCUT2D eigenvalue weighted by Crippen LogP contribution is -2.31. The second-order valence-electron chi connectivity index (χ2n) is 6.45. The van der Waals surface area contributed by atoms with Crippen molar-refractivity contribution in [2.45, 2.75) is 13.2 Å². The molecule has 0 atom stereocenters. The molecule has 0 amide bonds. The Balaban J connectivity index is 1.59. The Morgan fingerprint density at radius 2 is 1.87 bits per heavy atom. The minimum absolute atomic E-state index is 0.350. The lowest BCUT2D eigenvalue weighted by molar-refractivity contribution is 0.282. The molecule has 3 rings (SSSR count). The minimum Gasteiger partial charge on any atom is -0.493 e. The molecule has 0 aliphatic carbocycles. The molecule has 0 aliphatic heterocycles. The van der Waals surface area contributed by atoms with Crippen molar-refractivity contribution < 1.29 is 9.47 Å². The first-order valence-corrected chi connectivity index (χ1v) is 11.3. The van der Waals surface area contributed by atoms with Crippen molar-refractivity contribution in [3.63, 3.8) is 0 Å². The number of methoxy groups -OCH3 is 1. The molecule has 0 unspecified atom stereocenters. The van der Waals surface area contributed by atoms with Gasteiger partial charge in [-0.25, -0.2) is 0 Å². The summed E-state index contributed by atoms with van der Waals surface area (Å²) in [6.45, 7) is 0.980. The second-order valence-corrected chi connectivity index (χ2v) is 8.43. The molecule has 0 fully saturated rings. The van der Waals surface area contributed by atoms with E-state index >= 15 is 0 Å². The number of nitrogens with one attached hydrogen (secondary N) is 2. The fourth-order valence-electron chi connectivity index (χ4n) is 2.70. The Morgan fingerprint density at radius 1 is 1.13 bits per heavy atom. The Labute approximate surface area is 205 Å². The number of benzene rings is 3. The van der Waals surface area contributed by atoms with E-state index in [4.69, 9.17) is 33.3 Å². The number of thiocarbonyl (C=S) groups is 1. The summed E-state index contributed by atoms with van der Waals surface area (Å²) in [5, 5.41) is 8.44. The van der Waals surface area contributed by atoms with Crippen molar-refractivity contribution in [1.82, 2.24) is 10.7 Å². The van der Waals surface area contributed by atoms with Crippen molar-refractivity contribution in [3.8, 4) is 11.5 Å². The van der Waals surface area contributed by atoms with E-state index in [9.17, 15) is 0 Å². The zero-order chi connectivity index (χ0) is 22.1. The highest BCUT2D eigenvalue weighted by atomic mass is 127. The van der Waals surface area contributed by atoms with Gasteiger partial charge in [-0.3, -0.25) is 5.43 Å². The lowest BCUT2D eigenvalue weighted by Gasteiger charge is -2.14. The predicted octanol–water partition coefficient (Wildman–Crippen LogP) is 5.53. The Bertz CT molecular complexity index is 1060. The van der Waals surface area contributed by atoms with Crippen LogP contribution in [0.25, 0.3) is 0 Å². The van der Waals surface area contributed by atoms with Crippen LogP contribution in [0.4, 0.5) is 0 Å². The molecule has 0 saturated carbocycles. The third-order valence-electron chi connectivity index (χ3n) is 4.26. The van der Waals surface area contributed by atoms with Crippen molar-refractivity contribution in [1.29, 1.82) is 0 Å². The van der Waals surface area contributed by atoms with Gasteiger partial charge in [0.15, 0.2) is 16.6 Å². The molecule has 160 valence electrons. The van der Waals surface area contributed by atoms with E-state index in [2.05, 4.69) is 38.4 Å². The van der Waals surface area contributed by atoms with E-state index in [-0.39, 0.29) is 0 Å². The van der Waals surface area contributed by atoms with Crippen LogP contribution in [0, 0.1) is 3.57 Å². The Kier molecular flexibility index (Phi) is 8.93. The first kappa shape index (κ1) is 23.3. The Hall–Kier alpha value is -2.36. The molecule has 0 saturated heterocycles. The van der Waals surface area contributed by atoms with Crippen LogP contribution in [-0.2, 0) is 13.2 Å². The third kappa shape index (κ3) is 7.09. The number of rotatable bonds is 8. The van der Waals surface area contributed by atoms with Crippen molar-refractivity contribution in [2.75, 3.05) is 7.11 Å². The van der Waals surface area contributed by atoms with Crippen LogP contribution in [0.5, 0.6) is 11.5 Å². The van der Waals surface area contributed by atoms with E-state index in [1.54, 1.807) is 13.3 Å². The van der Waals surface area contributed by atoms with Crippen LogP contribution in [0.15, 0.2) is 71.8 Å². The van der Waals surface area contributed by atoms with Gasteiger partial charge in [-0.2, -0.15) is 5.10 Å². The zero-order valence-corrected chi connectivity index (χ0v) is 20.5. The van der Waals surface area contributed by atoms with Gasteiger partial charge in [0.1, 0.15) is 6.61 Å². The fraction of sp³-hybridized carbons (Fsp3) is 0.130. The maximum absolute atomic E-state index is 6.22. The number of hydrogen-bond donors (Lipinski definition) is 2. The largest absolute Gasteiger partial charge is 0.493 e. The summed E-state index contributed by atoms with van der Waals surface area (Å²) in [4.78, 5) is 0. The van der Waals surface area contributed by atoms with Gasteiger partial charge in [-0.05, 0) is 64.1 Å². The van der Waals surface area contributed by atoms with Crippen LogP contribution >= 0.6 is 46.4 Å². The maximum atomic E-state index is 6.22. The highest BCUT2D eigenvalue weighted by Gasteiger charge is 2.12. The second kappa shape index (κ2) is 11.9. The van der Waals surface area contributed by atoms with Crippen molar-refractivity contribution >= 4 is 57.7 Å². The summed E-state index contributed by atoms with van der Waals surface area (Å²) >= 11 is 13.7. The van der Waals surface area contributed by atoms with Crippen LogP contribution in [0.1, 0.15) is 16.7 Å². The number of hydrazone groups is 1. The SMILES string of the molecule is COc1cc(/C=N/NC(=S)NCc2ccccc2)cc(I)c1OCc1ccccc1Cl. The summed E-state index contributed by atoms with van der Waals surface area (Å²) in [6.07, 6.45) is 1.68. The lowest BCUT2D eigenvalue weighted by atomic mass is 10.2. The highest BCUT2D eigenvalue weighted by molar-refractivity contribution is 14.1. The molecule has 3 aromatic rings. The van der Waals surface area contributed by atoms with Gasteiger partial charge in [0.2, 0.25) is 0 Å². The van der Waals surface area contributed by atoms with E-state index in [0.29, 0.717) is 34.8 Å². The van der Waals surface area contributed by atoms with E-state index in [1.807, 2.05) is 66.7 Å². The van der Waals surface area contributed by atoms with Crippen LogP contribution in [0.2, 0.25) is 5.02 Å². The third-order valence-corrected chi connectivity index (χ3v) is 5.66. The number of halogens is 2. The van der Waals surface area contributed by atoms with Gasteiger partial charge < -0.3 is 14.8 Å². The molecule has 2 N–H and O–H groups in total. The molecule has 31 heavy (non-hydrogen) atoms. The van der Waals surface area contributed by atoms with E-state index in [0.717, 1.165) is 20.3 Å². The molecule has 8 heteroatoms. The van der Waals surface area contributed by atoms with Gasteiger partial charge >= 0.3 is 0 Å². The maximum Gasteiger partial charge on any atom is 0.187 e. The molecule has 0 aliphatic rings. The number of hydrogen-bond acceptors (Lipinski definition) is 4. The summed E-state index contributed by atoms with van der Waals surface area (Å²) < 4.78 is 12.4. The molecule has 0 bridgehead atoms. The molecular formula is C23H21ClIN3O2S. The quantitative estimate of drug-likeness (QED) is 0.163. The molecular weight excluding hydrogens is 545 g/mol. The van der Waals surface area contributed by atoms with Crippen molar-refractivity contribution in [2.24, 2.45) is 5.10 Å². The molecule has 0 heterocycles. The average molecular weight is 566 g/mol. The van der Waals surface area contributed by atoms with E-state index < -0.39 is 0 Å². The molecule has 0 spiro atoms. The van der Waals surface area contributed by atoms with Gasteiger partial charge in [-0.15, -0.1) is 0 Å². The smallest absolute Gasteiger partial charge is 0.187 e. The first-order valence-electron chi connectivity index (χ1n) is 9.41. The summed E-state index contributed by atoms with van der Waals surface area (Å²) in [6, 6.07) is 21.4. The molecule has 0 aromatic heterocycles. The van der Waals surface area contributed by atoms with Crippen LogP contribution in [0.3, 0.4) is 0 Å². The predicted molar refractivity (Wildman–Crippen MR) is 138 cm³/mol. The highest BCUT2D eigenvalue weighted by Crippen LogP contribution is 2.34. The molecule has 3 aromatic carbocycles. The standard InChI is InChI=1S/C23H21ClIN3O2S/c1-29-21-12-17(14-27-28-23(31)26-13-16-7-3-2-4-8-16)11-20(25)22(21)30-15-18-9-5-6-10-19(18)24/h2-12,14H,13,15H2,1H3,(H2,26,28,31)/b27-14+. The monoisotopic (exact) mass is 565 g/mol. The average Bonchev–Trinajstić information content (AvgIpc) is 2.78. The van der Waals surface area contributed by atoms with Gasteiger partial charge in [0.25, 0.3) is 0 Å². The Morgan fingerprint density at radius 3 is 2.61 bits per heavy atom. The zero-order valence-electron chi connectivity index (χ0n) is 16.8. The fourth-order valence-corrected chi connectivity index (χ4v) is 3.80. The number of ether oxygens (including phenoxy) is 2. The van der Waals surface area contributed by atoms with Crippen molar-refractivity contribution in [3.05, 3.63) is 92.0 Å². The first-order chi connectivity index (χ1) is 15.1. The normalized spacial score (nSPS) is 10.7. The number of nitrogens with zero attached hydrogens (tertiary/aromatic N) is 1. The van der Waals surface area contributed by atoms with E-state index in [1.165, 1.54) is 0 Å². The van der Waals surface area contributed by atoms with Gasteiger partial charge in [0.05, 0.1) is 16.9 Å². The van der Waals surface area contributed by atoms with Gasteiger partial charge in [0, 0.05) is 17.1 Å².